The van der Waals surface area contributed by atoms with Crippen molar-refractivity contribution in [2.75, 3.05) is 18.4 Å². The highest BCUT2D eigenvalue weighted by Crippen LogP contribution is 2.49. The molecule has 3 aliphatic rings. The van der Waals surface area contributed by atoms with E-state index in [0.717, 1.165) is 18.0 Å². The topological polar surface area (TPSA) is 32.3 Å². The van der Waals surface area contributed by atoms with Gasteiger partial charge in [0, 0.05) is 18.3 Å². The lowest BCUT2D eigenvalue weighted by Crippen LogP contribution is -2.58. The summed E-state index contributed by atoms with van der Waals surface area (Å²) in [7, 11) is 0. The average molecular weight is 298 g/mol. The predicted molar refractivity (Wildman–Crippen MR) is 89.1 cm³/mol. The molecule has 0 aromatic heterocycles. The quantitative estimate of drug-likeness (QED) is 0.866. The minimum absolute atomic E-state index is 0.249. The number of likely N-dealkylation sites (tertiary alicyclic amines) is 1. The van der Waals surface area contributed by atoms with Gasteiger partial charge in [-0.2, -0.15) is 0 Å². The maximum Gasteiger partial charge on any atom is 0.211 e. The highest BCUT2D eigenvalue weighted by molar-refractivity contribution is 5.72. The average Bonchev–Trinajstić information content (AvgIpc) is 3.31. The van der Waals surface area contributed by atoms with Gasteiger partial charge in [-0.15, -0.1) is 0 Å². The molecule has 1 heterocycles. The summed E-state index contributed by atoms with van der Waals surface area (Å²) in [4.78, 5) is 13.5. The van der Waals surface area contributed by atoms with Gasteiger partial charge < -0.3 is 5.32 Å². The maximum absolute atomic E-state index is 10.7. The number of piperidine rings is 1. The van der Waals surface area contributed by atoms with E-state index in [-0.39, 0.29) is 5.41 Å². The largest absolute Gasteiger partial charge is 0.329 e. The van der Waals surface area contributed by atoms with Crippen LogP contribution in [0, 0.1) is 11.8 Å². The van der Waals surface area contributed by atoms with Crippen molar-refractivity contribution in [2.45, 2.75) is 51.0 Å². The van der Waals surface area contributed by atoms with Gasteiger partial charge in [0.05, 0.1) is 0 Å². The number of rotatable bonds is 4. The monoisotopic (exact) mass is 298 g/mol. The number of hydrogen-bond donors (Lipinski definition) is 1. The number of hydrogen-bond acceptors (Lipinski definition) is 2. The lowest BCUT2D eigenvalue weighted by atomic mass is 9.59. The lowest BCUT2D eigenvalue weighted by Gasteiger charge is -2.55. The molecule has 1 N–H and O–H groups in total. The van der Waals surface area contributed by atoms with E-state index in [2.05, 4.69) is 36.2 Å². The Hall–Kier alpha value is -1.35. The molecule has 1 saturated heterocycles. The Balaban J connectivity index is 1.68. The Morgan fingerprint density at radius 1 is 1.41 bits per heavy atom. The van der Waals surface area contributed by atoms with Crippen molar-refractivity contribution in [3.05, 3.63) is 29.3 Å². The fourth-order valence-corrected chi connectivity index (χ4v) is 4.72. The zero-order valence-corrected chi connectivity index (χ0v) is 13.6. The van der Waals surface area contributed by atoms with Gasteiger partial charge >= 0.3 is 0 Å². The Morgan fingerprint density at radius 2 is 2.23 bits per heavy atom. The van der Waals surface area contributed by atoms with Crippen LogP contribution in [-0.4, -0.2) is 30.4 Å². The van der Waals surface area contributed by atoms with Crippen LogP contribution in [-0.2, 0) is 16.6 Å². The summed E-state index contributed by atoms with van der Waals surface area (Å²) < 4.78 is 0. The second kappa shape index (κ2) is 5.09. The van der Waals surface area contributed by atoms with E-state index < -0.39 is 0 Å². The molecule has 118 valence electrons. The van der Waals surface area contributed by atoms with Crippen LogP contribution in [0.5, 0.6) is 0 Å². The molecule has 1 saturated carbocycles. The highest BCUT2D eigenvalue weighted by Gasteiger charge is 2.48. The summed E-state index contributed by atoms with van der Waals surface area (Å²) in [6.45, 7) is 7.41. The molecular weight excluding hydrogens is 272 g/mol. The molecule has 0 spiro atoms. The fourth-order valence-electron chi connectivity index (χ4n) is 4.72. The van der Waals surface area contributed by atoms with E-state index in [1.165, 1.54) is 49.9 Å². The van der Waals surface area contributed by atoms with Crippen LogP contribution < -0.4 is 5.32 Å². The molecule has 1 aliphatic heterocycles. The maximum atomic E-state index is 10.7. The normalized spacial score (nSPS) is 34.1. The SMILES string of the molecule is C[C@H]1C2Cc3ccc(NC=O)cc3[C@@]1(C)CCN2CC1CC1. The summed E-state index contributed by atoms with van der Waals surface area (Å²) in [6.07, 6.45) is 6.05. The van der Waals surface area contributed by atoms with Crippen LogP contribution in [0.1, 0.15) is 44.2 Å². The molecule has 1 aromatic carbocycles. The number of carbonyl (C=O) groups is 1. The van der Waals surface area contributed by atoms with E-state index >= 15 is 0 Å². The predicted octanol–water partition coefficient (Wildman–Crippen LogP) is 3.19. The van der Waals surface area contributed by atoms with Gasteiger partial charge in [0.25, 0.3) is 0 Å². The zero-order valence-electron chi connectivity index (χ0n) is 13.6. The summed E-state index contributed by atoms with van der Waals surface area (Å²) in [5.74, 6) is 1.65. The minimum Gasteiger partial charge on any atom is -0.329 e. The third-order valence-corrected chi connectivity index (χ3v) is 6.54. The van der Waals surface area contributed by atoms with Crippen LogP contribution in [0.3, 0.4) is 0 Å². The van der Waals surface area contributed by atoms with Gasteiger partial charge in [0.15, 0.2) is 0 Å². The van der Waals surface area contributed by atoms with E-state index in [4.69, 9.17) is 0 Å². The Morgan fingerprint density at radius 3 is 2.95 bits per heavy atom. The molecule has 22 heavy (non-hydrogen) atoms. The van der Waals surface area contributed by atoms with Crippen LogP contribution >= 0.6 is 0 Å². The fraction of sp³-hybridized carbons (Fsp3) is 0.632. The zero-order chi connectivity index (χ0) is 15.3. The Bertz CT molecular complexity index is 595. The first-order valence-electron chi connectivity index (χ1n) is 8.69. The summed E-state index contributed by atoms with van der Waals surface area (Å²) in [5.41, 5.74) is 4.14. The van der Waals surface area contributed by atoms with E-state index in [1.54, 1.807) is 0 Å². The molecule has 2 fully saturated rings. The first-order chi connectivity index (χ1) is 10.6. The molecule has 4 rings (SSSR count). The first kappa shape index (κ1) is 14.3. The van der Waals surface area contributed by atoms with E-state index in [9.17, 15) is 4.79 Å². The third kappa shape index (κ3) is 2.18. The van der Waals surface area contributed by atoms with Gasteiger partial charge in [-0.3, -0.25) is 9.69 Å². The second-order valence-corrected chi connectivity index (χ2v) is 7.80. The number of amides is 1. The number of nitrogens with one attached hydrogen (secondary N) is 1. The molecule has 2 bridgehead atoms. The van der Waals surface area contributed by atoms with Crippen molar-refractivity contribution in [2.24, 2.45) is 11.8 Å². The van der Waals surface area contributed by atoms with E-state index in [0.29, 0.717) is 12.0 Å². The van der Waals surface area contributed by atoms with Gasteiger partial charge in [-0.05, 0) is 72.7 Å². The van der Waals surface area contributed by atoms with Crippen molar-refractivity contribution < 1.29 is 4.79 Å². The summed E-state index contributed by atoms with van der Waals surface area (Å²) >= 11 is 0. The number of carbonyl (C=O) groups excluding carboxylic acids is 1. The van der Waals surface area contributed by atoms with Crippen molar-refractivity contribution in [1.29, 1.82) is 0 Å². The van der Waals surface area contributed by atoms with Gasteiger partial charge in [-0.25, -0.2) is 0 Å². The van der Waals surface area contributed by atoms with Crippen LogP contribution in [0.25, 0.3) is 0 Å². The summed E-state index contributed by atoms with van der Waals surface area (Å²) in [5, 5.41) is 2.82. The van der Waals surface area contributed by atoms with Crippen LogP contribution in [0.2, 0.25) is 0 Å². The lowest BCUT2D eigenvalue weighted by molar-refractivity contribution is -0.105. The Kier molecular flexibility index (Phi) is 3.30. The van der Waals surface area contributed by atoms with Crippen molar-refractivity contribution >= 4 is 12.1 Å². The third-order valence-electron chi connectivity index (χ3n) is 6.54. The van der Waals surface area contributed by atoms with Gasteiger partial charge in [-0.1, -0.05) is 19.9 Å². The molecule has 1 aromatic rings. The number of fused-ring (bicyclic) bond motifs is 4. The Labute approximate surface area is 133 Å². The molecule has 0 radical (unpaired) electrons. The van der Waals surface area contributed by atoms with Crippen molar-refractivity contribution in [3.63, 3.8) is 0 Å². The van der Waals surface area contributed by atoms with E-state index in [1.807, 2.05) is 6.07 Å². The molecule has 3 nitrogen and oxygen atoms in total. The van der Waals surface area contributed by atoms with Gasteiger partial charge in [0.1, 0.15) is 0 Å². The molecule has 1 unspecified atom stereocenters. The molecular formula is C19H26N2O. The standard InChI is InChI=1S/C19H26N2O/c1-13-18-9-15-5-6-16(20-12-22)10-17(15)19(13,2)7-8-21(18)11-14-3-4-14/h5-6,10,12-14,18H,3-4,7-9,11H2,1-2H3,(H,20,22)/t13-,18?,19-/m0/s1. The molecule has 2 aliphatic carbocycles. The summed E-state index contributed by atoms with van der Waals surface area (Å²) in [6, 6.07) is 7.19. The van der Waals surface area contributed by atoms with Crippen LogP contribution in [0.15, 0.2) is 18.2 Å². The van der Waals surface area contributed by atoms with Crippen molar-refractivity contribution in [3.8, 4) is 0 Å². The molecule has 1 amide bonds. The number of nitrogens with zero attached hydrogens (tertiary/aromatic N) is 1. The first-order valence-corrected chi connectivity index (χ1v) is 8.69. The smallest absolute Gasteiger partial charge is 0.211 e. The molecule has 3 heteroatoms. The number of benzene rings is 1. The molecule has 3 atom stereocenters. The van der Waals surface area contributed by atoms with Gasteiger partial charge in [0.2, 0.25) is 6.41 Å². The highest BCUT2D eigenvalue weighted by atomic mass is 16.1. The van der Waals surface area contributed by atoms with Crippen LogP contribution in [0.4, 0.5) is 5.69 Å². The minimum atomic E-state index is 0.249. The van der Waals surface area contributed by atoms with Crippen molar-refractivity contribution in [1.82, 2.24) is 4.90 Å². The number of anilines is 1. The second-order valence-electron chi connectivity index (χ2n) is 7.80.